The molecule has 2 rings (SSSR count). The number of aliphatic imine (C=N–C) groups is 1. The second-order valence-corrected chi connectivity index (χ2v) is 6.57. The lowest BCUT2D eigenvalue weighted by Crippen LogP contribution is -2.39. The normalized spacial score (nSPS) is 13.3. The first-order valence-electron chi connectivity index (χ1n) is 9.77. The summed E-state index contributed by atoms with van der Waals surface area (Å²) in [6, 6.07) is 5.86. The average molecular weight is 451 g/mol. The van der Waals surface area contributed by atoms with Crippen molar-refractivity contribution in [2.24, 2.45) is 15.8 Å². The molecule has 0 spiro atoms. The van der Waals surface area contributed by atoms with E-state index in [-0.39, 0.29) is 0 Å². The molecule has 8 N–H and O–H groups in total. The van der Waals surface area contributed by atoms with Gasteiger partial charge in [-0.1, -0.05) is 19.8 Å². The highest BCUT2D eigenvalue weighted by molar-refractivity contribution is 5.99. The van der Waals surface area contributed by atoms with Crippen molar-refractivity contribution < 1.29 is 34.8 Å². The van der Waals surface area contributed by atoms with Crippen LogP contribution in [0.5, 0.6) is 5.75 Å². The first kappa shape index (κ1) is 26.4. The van der Waals surface area contributed by atoms with Gasteiger partial charge in [0.25, 0.3) is 0 Å². The van der Waals surface area contributed by atoms with Crippen molar-refractivity contribution in [1.29, 1.82) is 0 Å². The highest BCUT2D eigenvalue weighted by Crippen LogP contribution is 2.22. The molecule has 176 valence electrons. The van der Waals surface area contributed by atoms with Gasteiger partial charge in [0.15, 0.2) is 12.2 Å². The number of rotatable bonds is 10. The summed E-state index contributed by atoms with van der Waals surface area (Å²) < 4.78 is 5.24. The Balaban J connectivity index is 0.000000433. The molecular formula is C20H29N5O7. The monoisotopic (exact) mass is 451 g/mol. The third kappa shape index (κ3) is 8.62. The van der Waals surface area contributed by atoms with Crippen LogP contribution in [-0.4, -0.2) is 75.4 Å². The van der Waals surface area contributed by atoms with Crippen molar-refractivity contribution in [2.75, 3.05) is 13.7 Å². The summed E-state index contributed by atoms with van der Waals surface area (Å²) in [7, 11) is 1.65. The van der Waals surface area contributed by atoms with Crippen molar-refractivity contribution in [3.8, 4) is 5.75 Å². The standard InChI is InChI=1S/C16H23N5O.C4H6O6/c1-3-4-5-8-18-16(17)21-20-11-12-10-19-15-7-6-13(22-2)9-14(12)15;5-1(3(7)8)2(6)4(9)10/h6-7,9-11,19H,3-5,8H2,1-2H3,(H3,17,18,21);1-2,5-6H,(H,7,8)(H,9,10)/b20-11-;. The van der Waals surface area contributed by atoms with Crippen molar-refractivity contribution in [1.82, 2.24) is 10.4 Å². The van der Waals surface area contributed by atoms with E-state index in [1.54, 1.807) is 13.3 Å². The number of nitrogens with two attached hydrogens (primary N) is 1. The zero-order chi connectivity index (χ0) is 24.1. The SMILES string of the molecule is CCCCCN=C(N)N/N=C\c1c[nH]c2ccc(OC)cc12.O=C(O)C(O)C(O)C(=O)O. The number of guanidine groups is 1. The number of carbonyl (C=O) groups is 2. The number of nitrogens with one attached hydrogen (secondary N) is 2. The van der Waals surface area contributed by atoms with Gasteiger partial charge in [0.1, 0.15) is 5.75 Å². The summed E-state index contributed by atoms with van der Waals surface area (Å²) in [5.74, 6) is -2.39. The highest BCUT2D eigenvalue weighted by Gasteiger charge is 2.29. The van der Waals surface area contributed by atoms with Gasteiger partial charge in [-0.05, 0) is 24.6 Å². The third-order valence-electron chi connectivity index (χ3n) is 4.15. The molecule has 12 nitrogen and oxygen atoms in total. The Labute approximate surface area is 184 Å². The molecule has 1 aromatic carbocycles. The number of carboxylic acids is 2. The van der Waals surface area contributed by atoms with Gasteiger partial charge in [0.05, 0.1) is 13.3 Å². The smallest absolute Gasteiger partial charge is 0.335 e. The van der Waals surface area contributed by atoms with E-state index in [9.17, 15) is 9.59 Å². The number of ether oxygens (including phenoxy) is 1. The molecule has 12 heteroatoms. The van der Waals surface area contributed by atoms with Crippen LogP contribution < -0.4 is 15.9 Å². The van der Waals surface area contributed by atoms with Gasteiger partial charge in [-0.2, -0.15) is 5.10 Å². The first-order valence-corrected chi connectivity index (χ1v) is 9.77. The van der Waals surface area contributed by atoms with Gasteiger partial charge < -0.3 is 35.9 Å². The number of unbranched alkanes of at least 4 members (excludes halogenated alkanes) is 2. The van der Waals surface area contributed by atoms with E-state index >= 15 is 0 Å². The molecule has 2 atom stereocenters. The fraction of sp³-hybridized carbons (Fsp3) is 0.400. The van der Waals surface area contributed by atoms with Crippen LogP contribution in [0, 0.1) is 0 Å². The number of aliphatic carboxylic acids is 2. The van der Waals surface area contributed by atoms with E-state index in [1.807, 2.05) is 24.4 Å². The number of fused-ring (bicyclic) bond motifs is 1. The maximum atomic E-state index is 9.77. The average Bonchev–Trinajstić information content (AvgIpc) is 3.18. The van der Waals surface area contributed by atoms with Crippen LogP contribution in [0.3, 0.4) is 0 Å². The largest absolute Gasteiger partial charge is 0.497 e. The molecule has 1 aromatic heterocycles. The van der Waals surface area contributed by atoms with Gasteiger partial charge in [-0.15, -0.1) is 0 Å². The second-order valence-electron chi connectivity index (χ2n) is 6.57. The summed E-state index contributed by atoms with van der Waals surface area (Å²) in [6.07, 6.45) is 2.46. The second kappa shape index (κ2) is 13.6. The van der Waals surface area contributed by atoms with E-state index in [0.717, 1.165) is 41.6 Å². The maximum absolute atomic E-state index is 9.77. The number of H-pyrrole nitrogens is 1. The van der Waals surface area contributed by atoms with E-state index in [0.29, 0.717) is 5.96 Å². The minimum Gasteiger partial charge on any atom is -0.497 e. The number of nitrogens with zero attached hydrogens (tertiary/aromatic N) is 2. The number of methoxy groups -OCH3 is 1. The summed E-state index contributed by atoms with van der Waals surface area (Å²) in [4.78, 5) is 26.9. The number of hydrazone groups is 1. The van der Waals surface area contributed by atoms with Gasteiger partial charge in [0.2, 0.25) is 5.96 Å². The van der Waals surface area contributed by atoms with Crippen LogP contribution in [0.2, 0.25) is 0 Å². The minimum absolute atomic E-state index is 0.338. The molecular weight excluding hydrogens is 422 g/mol. The lowest BCUT2D eigenvalue weighted by molar-refractivity contribution is -0.165. The predicted molar refractivity (Wildman–Crippen MR) is 119 cm³/mol. The highest BCUT2D eigenvalue weighted by atomic mass is 16.5. The maximum Gasteiger partial charge on any atom is 0.335 e. The zero-order valence-electron chi connectivity index (χ0n) is 17.9. The number of aromatic nitrogens is 1. The van der Waals surface area contributed by atoms with Gasteiger partial charge in [0, 0.05) is 29.2 Å². The van der Waals surface area contributed by atoms with E-state index in [4.69, 9.17) is 30.9 Å². The van der Waals surface area contributed by atoms with Crippen LogP contribution in [-0.2, 0) is 9.59 Å². The molecule has 0 amide bonds. The molecule has 0 radical (unpaired) electrons. The summed E-state index contributed by atoms with van der Waals surface area (Å²) in [5.41, 5.74) is 10.5. The van der Waals surface area contributed by atoms with Crippen LogP contribution in [0.25, 0.3) is 10.9 Å². The van der Waals surface area contributed by atoms with Crippen LogP contribution in [0.15, 0.2) is 34.5 Å². The Morgan fingerprint density at radius 2 is 1.88 bits per heavy atom. The molecule has 0 saturated heterocycles. The topological polar surface area (TPSA) is 203 Å². The number of aromatic amines is 1. The number of benzene rings is 1. The number of carboxylic acid groups (broad SMARTS) is 2. The number of aliphatic hydroxyl groups excluding tert-OH is 2. The fourth-order valence-electron chi connectivity index (χ4n) is 2.39. The quantitative estimate of drug-likeness (QED) is 0.116. The Morgan fingerprint density at radius 3 is 2.44 bits per heavy atom. The summed E-state index contributed by atoms with van der Waals surface area (Å²) >= 11 is 0. The first-order chi connectivity index (χ1) is 15.2. The van der Waals surface area contributed by atoms with E-state index in [2.05, 4.69) is 27.4 Å². The summed E-state index contributed by atoms with van der Waals surface area (Å²) in [6.45, 7) is 2.89. The zero-order valence-corrected chi connectivity index (χ0v) is 17.9. The molecule has 0 bridgehead atoms. The lowest BCUT2D eigenvalue weighted by atomic mass is 10.2. The molecule has 0 aliphatic carbocycles. The lowest BCUT2D eigenvalue weighted by Gasteiger charge is -2.07. The van der Waals surface area contributed by atoms with Gasteiger partial charge in [-0.3, -0.25) is 4.99 Å². The van der Waals surface area contributed by atoms with Gasteiger partial charge >= 0.3 is 11.9 Å². The molecule has 0 saturated carbocycles. The molecule has 0 aliphatic heterocycles. The molecule has 2 aromatic rings. The van der Waals surface area contributed by atoms with E-state index in [1.165, 1.54) is 6.42 Å². The summed E-state index contributed by atoms with van der Waals surface area (Å²) in [5, 5.41) is 37.7. The molecule has 1 heterocycles. The predicted octanol–water partition coefficient (Wildman–Crippen LogP) is 0.482. The Hall–Kier alpha value is -3.64. The Kier molecular flexibility index (Phi) is 11.2. The fourth-order valence-corrected chi connectivity index (χ4v) is 2.39. The van der Waals surface area contributed by atoms with Crippen molar-refractivity contribution in [2.45, 2.75) is 38.4 Å². The molecule has 0 fully saturated rings. The van der Waals surface area contributed by atoms with Crippen LogP contribution in [0.4, 0.5) is 0 Å². The number of hydrogen-bond donors (Lipinski definition) is 7. The number of aliphatic hydroxyl groups is 2. The Bertz CT molecular complexity index is 924. The molecule has 0 aliphatic rings. The van der Waals surface area contributed by atoms with Crippen molar-refractivity contribution in [3.63, 3.8) is 0 Å². The van der Waals surface area contributed by atoms with Crippen LogP contribution >= 0.6 is 0 Å². The minimum atomic E-state index is -2.27. The molecule has 32 heavy (non-hydrogen) atoms. The molecule has 2 unspecified atom stereocenters. The van der Waals surface area contributed by atoms with E-state index < -0.39 is 24.1 Å². The van der Waals surface area contributed by atoms with Crippen LogP contribution in [0.1, 0.15) is 31.7 Å². The van der Waals surface area contributed by atoms with Crippen molar-refractivity contribution in [3.05, 3.63) is 30.0 Å². The Morgan fingerprint density at radius 1 is 1.22 bits per heavy atom. The van der Waals surface area contributed by atoms with Crippen molar-refractivity contribution >= 4 is 35.0 Å². The number of hydrogen-bond acceptors (Lipinski definition) is 7. The third-order valence-corrected chi connectivity index (χ3v) is 4.15. The van der Waals surface area contributed by atoms with Gasteiger partial charge in [-0.25, -0.2) is 15.0 Å².